The lowest BCUT2D eigenvalue weighted by Gasteiger charge is -2.45. The highest BCUT2D eigenvalue weighted by Crippen LogP contribution is 2.47. The predicted molar refractivity (Wildman–Crippen MR) is 115 cm³/mol. The Morgan fingerprint density at radius 2 is 1.42 bits per heavy atom. The average Bonchev–Trinajstić information content (AvgIpc) is 2.77. The molecule has 0 radical (unpaired) electrons. The molecule has 0 aromatic heterocycles. The molecule has 0 aromatic carbocycles. The summed E-state index contributed by atoms with van der Waals surface area (Å²) in [6.07, 6.45) is 8.92. The maximum Gasteiger partial charge on any atom is 0.268 e. The molecule has 3 N–H and O–H groups in total. The van der Waals surface area contributed by atoms with Gasteiger partial charge in [-0.2, -0.15) is 18.6 Å². The van der Waals surface area contributed by atoms with E-state index in [4.69, 9.17) is 9.59 Å². The summed E-state index contributed by atoms with van der Waals surface area (Å²) < 4.78 is 38.7. The van der Waals surface area contributed by atoms with Crippen LogP contribution in [0, 0.1) is 23.7 Å². The predicted octanol–water partition coefficient (Wildman–Crippen LogP) is 4.04. The van der Waals surface area contributed by atoms with E-state index in [1.54, 1.807) is 0 Å². The number of azo groups is 1. The minimum absolute atomic E-state index is 0.0395. The highest BCUT2D eigenvalue weighted by molar-refractivity contribution is 7.95. The van der Waals surface area contributed by atoms with Gasteiger partial charge in [-0.1, -0.05) is 30.7 Å². The summed E-state index contributed by atoms with van der Waals surface area (Å²) in [7, 11) is -4.19. The van der Waals surface area contributed by atoms with Crippen LogP contribution >= 0.6 is 12.0 Å². The molecule has 9 nitrogen and oxygen atoms in total. The molecule has 31 heavy (non-hydrogen) atoms. The molecule has 0 bridgehead atoms. The molecule has 4 aliphatic carbocycles. The molecular weight excluding hydrogens is 444 g/mol. The van der Waals surface area contributed by atoms with Crippen molar-refractivity contribution in [1.29, 1.82) is 0 Å². The lowest BCUT2D eigenvalue weighted by molar-refractivity contribution is -0.432. The summed E-state index contributed by atoms with van der Waals surface area (Å²) >= 11 is 1.17. The van der Waals surface area contributed by atoms with E-state index in [-0.39, 0.29) is 29.5 Å². The van der Waals surface area contributed by atoms with Gasteiger partial charge in [0.05, 0.1) is 23.4 Å². The molecule has 11 heteroatoms. The quantitative estimate of drug-likeness (QED) is 0.171. The van der Waals surface area contributed by atoms with Gasteiger partial charge >= 0.3 is 0 Å². The van der Waals surface area contributed by atoms with Crippen LogP contribution in [0.3, 0.4) is 0 Å². The molecule has 0 amide bonds. The first-order chi connectivity index (χ1) is 14.9. The third kappa shape index (κ3) is 5.28. The van der Waals surface area contributed by atoms with E-state index < -0.39 is 27.5 Å². The zero-order valence-electron chi connectivity index (χ0n) is 17.7. The van der Waals surface area contributed by atoms with Crippen LogP contribution in [0.1, 0.15) is 70.6 Å². The minimum Gasteiger partial charge on any atom is -0.391 e. The SMILES string of the molecule is O=S(=O)(O)C1CC(N=NC2CCC(SOOO)C3CCCCC23)C(O)C2CCCCC21. The van der Waals surface area contributed by atoms with Gasteiger partial charge in [0.1, 0.15) is 0 Å². The van der Waals surface area contributed by atoms with Gasteiger partial charge in [0.25, 0.3) is 10.1 Å². The van der Waals surface area contributed by atoms with Crippen molar-refractivity contribution in [3.63, 3.8) is 0 Å². The molecule has 178 valence electrons. The van der Waals surface area contributed by atoms with Gasteiger partial charge in [-0.25, -0.2) is 5.26 Å². The normalized spacial score (nSPS) is 44.0. The van der Waals surface area contributed by atoms with Crippen LogP contribution in [0.15, 0.2) is 10.2 Å². The van der Waals surface area contributed by atoms with Crippen molar-refractivity contribution in [2.75, 3.05) is 0 Å². The molecule has 0 saturated heterocycles. The standard InChI is InChI=1S/C20H34N2O7S2/c23-20-15-8-4-3-7-14(15)19(31(25,26)27)11-17(20)22-21-16-9-10-18(30-29-28-24)13-6-2-1-5-12(13)16/h12-20,23-24H,1-11H2,(H,25,26,27). The van der Waals surface area contributed by atoms with Crippen molar-refractivity contribution in [3.05, 3.63) is 0 Å². The van der Waals surface area contributed by atoms with Crippen molar-refractivity contribution in [2.24, 2.45) is 33.9 Å². The number of nitrogens with zero attached hydrogens (tertiary/aromatic N) is 2. The van der Waals surface area contributed by atoms with Gasteiger partial charge in [0.2, 0.25) is 0 Å². The summed E-state index contributed by atoms with van der Waals surface area (Å²) in [6.45, 7) is 0. The van der Waals surface area contributed by atoms with E-state index in [2.05, 4.69) is 15.3 Å². The van der Waals surface area contributed by atoms with E-state index in [0.717, 1.165) is 64.2 Å². The first-order valence-corrected chi connectivity index (χ1v) is 13.9. The molecule has 4 rings (SSSR count). The van der Waals surface area contributed by atoms with Gasteiger partial charge in [0, 0.05) is 17.3 Å². The Balaban J connectivity index is 1.48. The molecule has 0 spiro atoms. The molecule has 4 fully saturated rings. The number of aliphatic hydroxyl groups is 1. The number of rotatable bonds is 6. The molecule has 4 saturated carbocycles. The number of hydrogen-bond donors (Lipinski definition) is 3. The van der Waals surface area contributed by atoms with Crippen LogP contribution in [-0.2, 0) is 19.5 Å². The van der Waals surface area contributed by atoms with E-state index in [1.165, 1.54) is 12.0 Å². The smallest absolute Gasteiger partial charge is 0.268 e. The summed E-state index contributed by atoms with van der Waals surface area (Å²) in [4.78, 5) is 0. The lowest BCUT2D eigenvalue weighted by Crippen LogP contribution is -2.52. The molecule has 4 aliphatic rings. The third-order valence-electron chi connectivity index (χ3n) is 8.19. The van der Waals surface area contributed by atoms with Gasteiger partial charge < -0.3 is 5.11 Å². The first-order valence-electron chi connectivity index (χ1n) is 11.6. The van der Waals surface area contributed by atoms with E-state index in [0.29, 0.717) is 11.8 Å². The number of aliphatic hydroxyl groups excluding tert-OH is 1. The molecule has 0 aromatic rings. The van der Waals surface area contributed by atoms with Gasteiger partial charge in [-0.15, -0.1) is 4.33 Å². The van der Waals surface area contributed by atoms with Gasteiger partial charge in [-0.3, -0.25) is 4.55 Å². The van der Waals surface area contributed by atoms with Crippen molar-refractivity contribution < 1.29 is 32.7 Å². The second-order valence-corrected chi connectivity index (χ2v) is 12.3. The molecule has 0 aliphatic heterocycles. The van der Waals surface area contributed by atoms with E-state index in [1.807, 2.05) is 0 Å². The van der Waals surface area contributed by atoms with Crippen LogP contribution < -0.4 is 0 Å². The van der Waals surface area contributed by atoms with Crippen LogP contribution in [0.25, 0.3) is 0 Å². The van der Waals surface area contributed by atoms with Crippen LogP contribution in [-0.4, -0.2) is 52.0 Å². The highest BCUT2D eigenvalue weighted by atomic mass is 32.2. The van der Waals surface area contributed by atoms with Crippen molar-refractivity contribution in [3.8, 4) is 0 Å². The highest BCUT2D eigenvalue weighted by Gasteiger charge is 2.50. The second kappa shape index (κ2) is 10.3. The Labute approximate surface area is 188 Å². The Morgan fingerprint density at radius 3 is 2.10 bits per heavy atom. The Bertz CT molecular complexity index is 737. The zero-order chi connectivity index (χ0) is 22.0. The zero-order valence-corrected chi connectivity index (χ0v) is 19.3. The summed E-state index contributed by atoms with van der Waals surface area (Å²) in [6, 6.07) is -0.552. The fourth-order valence-electron chi connectivity index (χ4n) is 6.76. The van der Waals surface area contributed by atoms with Crippen molar-refractivity contribution in [2.45, 2.75) is 99.3 Å². The number of fused-ring (bicyclic) bond motifs is 2. The number of hydrogen-bond acceptors (Lipinski definition) is 9. The van der Waals surface area contributed by atoms with Crippen LogP contribution in [0.5, 0.6) is 0 Å². The summed E-state index contributed by atoms with van der Waals surface area (Å²) in [5.74, 6) is 0.403. The molecule has 0 heterocycles. The van der Waals surface area contributed by atoms with Gasteiger partial charge in [0.15, 0.2) is 0 Å². The topological polar surface area (TPSA) is 138 Å². The van der Waals surface area contributed by atoms with E-state index >= 15 is 0 Å². The lowest BCUT2D eigenvalue weighted by atomic mass is 9.67. The van der Waals surface area contributed by atoms with Crippen LogP contribution in [0.4, 0.5) is 0 Å². The fourth-order valence-corrected chi connectivity index (χ4v) is 8.83. The third-order valence-corrected chi connectivity index (χ3v) is 10.5. The molecule has 9 unspecified atom stereocenters. The summed E-state index contributed by atoms with van der Waals surface area (Å²) in [5.41, 5.74) is 0. The first kappa shape index (κ1) is 23.8. The van der Waals surface area contributed by atoms with Gasteiger partial charge in [-0.05, 0) is 68.6 Å². The molecule has 9 atom stereocenters. The average molecular weight is 479 g/mol. The second-order valence-electron chi connectivity index (χ2n) is 9.72. The molecular formula is C20H34N2O7S2. The summed E-state index contributed by atoms with van der Waals surface area (Å²) in [5, 5.41) is 31.8. The Hall–Kier alpha value is -0.300. The van der Waals surface area contributed by atoms with Crippen molar-refractivity contribution >= 4 is 22.2 Å². The maximum absolute atomic E-state index is 12.1. The van der Waals surface area contributed by atoms with Crippen molar-refractivity contribution in [1.82, 2.24) is 0 Å². The maximum atomic E-state index is 12.1. The monoisotopic (exact) mass is 478 g/mol. The Morgan fingerprint density at radius 1 is 0.806 bits per heavy atom. The van der Waals surface area contributed by atoms with E-state index in [9.17, 15) is 18.1 Å². The van der Waals surface area contributed by atoms with Crippen LogP contribution in [0.2, 0.25) is 0 Å². The largest absolute Gasteiger partial charge is 0.391 e. The minimum atomic E-state index is -4.19. The fraction of sp³-hybridized carbons (Fsp3) is 1.00. The Kier molecular flexibility index (Phi) is 7.93.